The van der Waals surface area contributed by atoms with Crippen molar-refractivity contribution in [3.05, 3.63) is 22.7 Å². The maximum absolute atomic E-state index is 11.9. The van der Waals surface area contributed by atoms with Crippen molar-refractivity contribution >= 4 is 17.2 Å². The lowest BCUT2D eigenvalue weighted by molar-refractivity contribution is -0.121. The van der Waals surface area contributed by atoms with Gasteiger partial charge in [0.15, 0.2) is 0 Å². The van der Waals surface area contributed by atoms with E-state index in [9.17, 15) is 9.90 Å². The van der Waals surface area contributed by atoms with Crippen molar-refractivity contribution in [3.8, 4) is 11.4 Å². The van der Waals surface area contributed by atoms with E-state index in [4.69, 9.17) is 4.52 Å². The van der Waals surface area contributed by atoms with E-state index in [1.165, 1.54) is 12.8 Å². The molecule has 0 bridgehead atoms. The van der Waals surface area contributed by atoms with E-state index in [1.807, 2.05) is 16.8 Å². The van der Waals surface area contributed by atoms with Crippen LogP contribution in [0.25, 0.3) is 11.4 Å². The molecule has 1 aliphatic rings. The van der Waals surface area contributed by atoms with E-state index >= 15 is 0 Å². The summed E-state index contributed by atoms with van der Waals surface area (Å²) >= 11 is 1.57. The van der Waals surface area contributed by atoms with Gasteiger partial charge in [0.1, 0.15) is 0 Å². The first-order valence-electron chi connectivity index (χ1n) is 8.02. The summed E-state index contributed by atoms with van der Waals surface area (Å²) in [7, 11) is 0. The normalized spacial score (nSPS) is 16.6. The Morgan fingerprint density at radius 2 is 2.30 bits per heavy atom. The van der Waals surface area contributed by atoms with E-state index < -0.39 is 6.10 Å². The zero-order valence-electron chi connectivity index (χ0n) is 12.9. The van der Waals surface area contributed by atoms with Crippen molar-refractivity contribution in [1.82, 2.24) is 15.5 Å². The average Bonchev–Trinajstić information content (AvgIpc) is 3.32. The summed E-state index contributed by atoms with van der Waals surface area (Å²) in [6, 6.07) is 1.93. The molecule has 7 heteroatoms. The summed E-state index contributed by atoms with van der Waals surface area (Å²) in [6.45, 7) is 0.327. The topological polar surface area (TPSA) is 88.2 Å². The van der Waals surface area contributed by atoms with Crippen molar-refractivity contribution in [1.29, 1.82) is 0 Å². The second-order valence-corrected chi connectivity index (χ2v) is 6.72. The quantitative estimate of drug-likeness (QED) is 0.811. The number of amides is 1. The number of nitrogens with one attached hydrogen (secondary N) is 1. The summed E-state index contributed by atoms with van der Waals surface area (Å²) in [4.78, 5) is 16.1. The zero-order valence-corrected chi connectivity index (χ0v) is 13.7. The number of rotatable bonds is 7. The van der Waals surface area contributed by atoms with Crippen LogP contribution < -0.4 is 5.32 Å². The van der Waals surface area contributed by atoms with Crippen molar-refractivity contribution in [2.24, 2.45) is 5.92 Å². The molecule has 0 saturated heterocycles. The second-order valence-electron chi connectivity index (χ2n) is 5.94. The van der Waals surface area contributed by atoms with Crippen LogP contribution in [0.15, 0.2) is 21.3 Å². The Bertz CT molecular complexity index is 620. The van der Waals surface area contributed by atoms with Gasteiger partial charge in [-0.1, -0.05) is 18.0 Å². The Labute approximate surface area is 138 Å². The van der Waals surface area contributed by atoms with Gasteiger partial charge in [-0.05, 0) is 30.2 Å². The number of carbonyl (C=O) groups excluding carboxylic acids is 1. The van der Waals surface area contributed by atoms with Crippen LogP contribution in [0, 0.1) is 5.92 Å². The van der Waals surface area contributed by atoms with Gasteiger partial charge in [0.05, 0.1) is 6.10 Å². The van der Waals surface area contributed by atoms with Crippen molar-refractivity contribution < 1.29 is 14.4 Å². The Balaban J connectivity index is 1.40. The van der Waals surface area contributed by atoms with Gasteiger partial charge >= 0.3 is 0 Å². The molecule has 0 spiro atoms. The second kappa shape index (κ2) is 7.70. The molecule has 124 valence electrons. The molecular weight excluding hydrogens is 314 g/mol. The minimum atomic E-state index is -0.435. The number of thiophene rings is 1. The molecule has 0 radical (unpaired) electrons. The molecule has 1 aliphatic carbocycles. The first-order valence-corrected chi connectivity index (χ1v) is 8.96. The molecule has 2 aromatic heterocycles. The van der Waals surface area contributed by atoms with Crippen molar-refractivity contribution in [2.75, 3.05) is 6.54 Å². The molecule has 23 heavy (non-hydrogen) atoms. The maximum Gasteiger partial charge on any atom is 0.227 e. The highest BCUT2D eigenvalue weighted by Crippen LogP contribution is 2.27. The molecule has 2 heterocycles. The predicted octanol–water partition coefficient (Wildman–Crippen LogP) is 2.40. The van der Waals surface area contributed by atoms with Gasteiger partial charge < -0.3 is 14.9 Å². The number of aliphatic hydroxyl groups excluding tert-OH is 1. The highest BCUT2D eigenvalue weighted by Gasteiger charge is 2.23. The molecule has 1 fully saturated rings. The molecule has 2 N–H and O–H groups in total. The molecular formula is C16H21N3O3S. The smallest absolute Gasteiger partial charge is 0.227 e. The fraction of sp³-hybridized carbons (Fsp3) is 0.562. The fourth-order valence-corrected chi connectivity index (χ4v) is 3.54. The van der Waals surface area contributed by atoms with Gasteiger partial charge in [0.2, 0.25) is 17.6 Å². The van der Waals surface area contributed by atoms with Crippen molar-refractivity contribution in [3.63, 3.8) is 0 Å². The molecule has 1 amide bonds. The molecule has 1 atom stereocenters. The van der Waals surface area contributed by atoms with E-state index in [0.29, 0.717) is 30.6 Å². The van der Waals surface area contributed by atoms with Crippen LogP contribution >= 0.6 is 11.3 Å². The minimum Gasteiger partial charge on any atom is -0.391 e. The van der Waals surface area contributed by atoms with Gasteiger partial charge in [-0.2, -0.15) is 16.3 Å². The van der Waals surface area contributed by atoms with Crippen LogP contribution in [0.4, 0.5) is 0 Å². The molecule has 0 aliphatic heterocycles. The third kappa shape index (κ3) is 4.39. The summed E-state index contributed by atoms with van der Waals surface area (Å²) in [6.07, 6.45) is 4.73. The van der Waals surface area contributed by atoms with Crippen LogP contribution in [0.3, 0.4) is 0 Å². The summed E-state index contributed by atoms with van der Waals surface area (Å²) < 4.78 is 5.16. The summed E-state index contributed by atoms with van der Waals surface area (Å²) in [5, 5.41) is 20.6. The molecule has 2 aromatic rings. The summed E-state index contributed by atoms with van der Waals surface area (Å²) in [5.41, 5.74) is 0.925. The van der Waals surface area contributed by atoms with E-state index in [-0.39, 0.29) is 12.3 Å². The molecule has 0 aromatic carbocycles. The summed E-state index contributed by atoms with van der Waals surface area (Å²) in [5.74, 6) is 1.24. The predicted molar refractivity (Wildman–Crippen MR) is 86.9 cm³/mol. The average molecular weight is 335 g/mol. The molecule has 3 rings (SSSR count). The largest absolute Gasteiger partial charge is 0.391 e. The third-order valence-corrected chi connectivity index (χ3v) is 4.95. The first kappa shape index (κ1) is 16.1. The van der Waals surface area contributed by atoms with Gasteiger partial charge in [-0.15, -0.1) is 0 Å². The van der Waals surface area contributed by atoms with Gasteiger partial charge in [0.25, 0.3) is 0 Å². The van der Waals surface area contributed by atoms with E-state index in [1.54, 1.807) is 11.3 Å². The fourth-order valence-electron chi connectivity index (χ4n) is 2.90. The lowest BCUT2D eigenvalue weighted by Crippen LogP contribution is -2.35. The van der Waals surface area contributed by atoms with Crippen LogP contribution in [-0.4, -0.2) is 33.8 Å². The highest BCUT2D eigenvalue weighted by molar-refractivity contribution is 7.08. The molecule has 6 nitrogen and oxygen atoms in total. The van der Waals surface area contributed by atoms with Crippen LogP contribution in [0.2, 0.25) is 0 Å². The number of hydrogen-bond acceptors (Lipinski definition) is 6. The van der Waals surface area contributed by atoms with Gasteiger partial charge in [0, 0.05) is 30.3 Å². The van der Waals surface area contributed by atoms with Gasteiger partial charge in [-0.25, -0.2) is 0 Å². The molecule has 1 unspecified atom stereocenters. The van der Waals surface area contributed by atoms with Gasteiger partial charge in [-0.3, -0.25) is 4.79 Å². The number of nitrogens with zero attached hydrogens (tertiary/aromatic N) is 2. The zero-order chi connectivity index (χ0) is 16.1. The van der Waals surface area contributed by atoms with E-state index in [2.05, 4.69) is 15.5 Å². The van der Waals surface area contributed by atoms with Crippen LogP contribution in [-0.2, 0) is 11.2 Å². The van der Waals surface area contributed by atoms with Crippen LogP contribution in [0.5, 0.6) is 0 Å². The molecule has 1 saturated carbocycles. The number of aromatic nitrogens is 2. The Morgan fingerprint density at radius 1 is 1.48 bits per heavy atom. The van der Waals surface area contributed by atoms with Crippen LogP contribution in [0.1, 0.15) is 38.0 Å². The standard InChI is InChI=1S/C16H21N3O3S/c20-13(11-3-1-2-4-11)9-17-14(21)5-6-15-18-16(19-22-15)12-7-8-23-10-12/h7-8,10-11,13,20H,1-6,9H2,(H,17,21). The van der Waals surface area contributed by atoms with E-state index in [0.717, 1.165) is 18.4 Å². The first-order chi connectivity index (χ1) is 11.2. The van der Waals surface area contributed by atoms with Crippen molar-refractivity contribution in [2.45, 2.75) is 44.6 Å². The lowest BCUT2D eigenvalue weighted by atomic mass is 10.0. The monoisotopic (exact) mass is 335 g/mol. The SMILES string of the molecule is O=C(CCc1nc(-c2ccsc2)no1)NCC(O)C1CCCC1. The highest BCUT2D eigenvalue weighted by atomic mass is 32.1. The Hall–Kier alpha value is -1.73. The minimum absolute atomic E-state index is 0.0997. The third-order valence-electron chi connectivity index (χ3n) is 4.27. The lowest BCUT2D eigenvalue weighted by Gasteiger charge is -2.17. The number of aryl methyl sites for hydroxylation is 1. The number of hydrogen-bond donors (Lipinski definition) is 2. The number of aliphatic hydroxyl groups is 1. The number of carbonyl (C=O) groups is 1. The maximum atomic E-state index is 11.9. The Morgan fingerprint density at radius 3 is 3.04 bits per heavy atom. The Kier molecular flexibility index (Phi) is 5.40.